The van der Waals surface area contributed by atoms with Gasteiger partial charge in [-0.15, -0.1) is 16.4 Å². The van der Waals surface area contributed by atoms with Crippen LogP contribution < -0.4 is 0 Å². The minimum Gasteiger partial charge on any atom is -0.229 e. The number of hydrogen-bond donors (Lipinski definition) is 0. The highest BCUT2D eigenvalue weighted by molar-refractivity contribution is 8.01. The van der Waals surface area contributed by atoms with Gasteiger partial charge in [0.1, 0.15) is 17.7 Å². The molecule has 0 spiro atoms. The standard InChI is InChI=1S/C21H10N6S2/c22-11-13-9-18(27-17-7-3-1-5-15(17)25-26-27)20(10-14(13)12-23)29-21-24-16-6-2-4-8-19(16)28-21/h1-10H. The van der Waals surface area contributed by atoms with Crippen molar-refractivity contribution in [1.82, 2.24) is 20.0 Å². The number of aromatic nitrogens is 4. The topological polar surface area (TPSA) is 91.2 Å². The summed E-state index contributed by atoms with van der Waals surface area (Å²) in [7, 11) is 0. The molecule has 0 bridgehead atoms. The van der Waals surface area contributed by atoms with Gasteiger partial charge in [0.05, 0.1) is 32.5 Å². The second kappa shape index (κ2) is 7.02. The number of fused-ring (bicyclic) bond motifs is 2. The molecule has 29 heavy (non-hydrogen) atoms. The van der Waals surface area contributed by atoms with Gasteiger partial charge in [-0.2, -0.15) is 10.5 Å². The Hall–Kier alpha value is -3.72. The summed E-state index contributed by atoms with van der Waals surface area (Å²) in [5, 5.41) is 27.5. The molecule has 5 rings (SSSR count). The molecule has 136 valence electrons. The number of hydrogen-bond acceptors (Lipinski definition) is 7. The smallest absolute Gasteiger partial charge is 0.155 e. The molecule has 3 aromatic carbocycles. The highest BCUT2D eigenvalue weighted by Crippen LogP contribution is 2.38. The summed E-state index contributed by atoms with van der Waals surface area (Å²) in [6.07, 6.45) is 0. The average Bonchev–Trinajstić information content (AvgIpc) is 3.37. The van der Waals surface area contributed by atoms with Gasteiger partial charge < -0.3 is 0 Å². The van der Waals surface area contributed by atoms with E-state index < -0.39 is 0 Å². The quantitative estimate of drug-likeness (QED) is 0.419. The van der Waals surface area contributed by atoms with E-state index in [1.54, 1.807) is 28.2 Å². The van der Waals surface area contributed by atoms with E-state index in [2.05, 4.69) is 27.4 Å². The van der Waals surface area contributed by atoms with Gasteiger partial charge in [-0.3, -0.25) is 0 Å². The van der Waals surface area contributed by atoms with Gasteiger partial charge >= 0.3 is 0 Å². The van der Waals surface area contributed by atoms with E-state index in [1.165, 1.54) is 11.8 Å². The van der Waals surface area contributed by atoms with Crippen LogP contribution in [0.2, 0.25) is 0 Å². The normalized spacial score (nSPS) is 10.8. The molecule has 2 aromatic heterocycles. The van der Waals surface area contributed by atoms with Gasteiger partial charge in [0.15, 0.2) is 4.34 Å². The maximum atomic E-state index is 9.50. The first kappa shape index (κ1) is 17.4. The van der Waals surface area contributed by atoms with Crippen molar-refractivity contribution in [3.8, 4) is 17.8 Å². The number of rotatable bonds is 3. The molecule has 8 heteroatoms. The van der Waals surface area contributed by atoms with Crippen molar-refractivity contribution in [2.75, 3.05) is 0 Å². The van der Waals surface area contributed by atoms with Crippen molar-refractivity contribution in [3.05, 3.63) is 71.8 Å². The summed E-state index contributed by atoms with van der Waals surface area (Å²) in [6.45, 7) is 0. The molecule has 0 aliphatic rings. The third-order valence-electron chi connectivity index (χ3n) is 4.39. The van der Waals surface area contributed by atoms with Gasteiger partial charge in [-0.1, -0.05) is 41.2 Å². The first-order chi connectivity index (χ1) is 14.3. The van der Waals surface area contributed by atoms with Crippen LogP contribution >= 0.6 is 23.1 Å². The Morgan fingerprint density at radius 2 is 1.62 bits per heavy atom. The third kappa shape index (κ3) is 3.01. The fourth-order valence-corrected chi connectivity index (χ4v) is 5.20. The lowest BCUT2D eigenvalue weighted by Gasteiger charge is -2.10. The second-order valence-electron chi connectivity index (χ2n) is 6.13. The predicted octanol–water partition coefficient (Wildman–Crippen LogP) is 4.92. The van der Waals surface area contributed by atoms with Crippen molar-refractivity contribution in [1.29, 1.82) is 10.5 Å². The zero-order valence-electron chi connectivity index (χ0n) is 14.8. The SMILES string of the molecule is N#Cc1cc(Sc2nc3ccccc3s2)c(-n2nnc3ccccc32)cc1C#N. The lowest BCUT2D eigenvalue weighted by Crippen LogP contribution is -2.01. The van der Waals surface area contributed by atoms with Crippen LogP contribution in [0.25, 0.3) is 26.9 Å². The maximum Gasteiger partial charge on any atom is 0.155 e. The van der Waals surface area contributed by atoms with Crippen LogP contribution in [-0.4, -0.2) is 20.0 Å². The van der Waals surface area contributed by atoms with Crippen molar-refractivity contribution in [2.24, 2.45) is 0 Å². The van der Waals surface area contributed by atoms with Gasteiger partial charge in [0.2, 0.25) is 0 Å². The summed E-state index contributed by atoms with van der Waals surface area (Å²) < 4.78 is 3.65. The van der Waals surface area contributed by atoms with Gasteiger partial charge in [0.25, 0.3) is 0 Å². The van der Waals surface area contributed by atoms with Crippen LogP contribution in [0.4, 0.5) is 0 Å². The van der Waals surface area contributed by atoms with Crippen LogP contribution in [-0.2, 0) is 0 Å². The average molecular weight is 410 g/mol. The lowest BCUT2D eigenvalue weighted by atomic mass is 10.1. The molecular weight excluding hydrogens is 400 g/mol. The van der Waals surface area contributed by atoms with E-state index >= 15 is 0 Å². The zero-order valence-corrected chi connectivity index (χ0v) is 16.4. The molecular formula is C21H10N6S2. The van der Waals surface area contributed by atoms with Crippen LogP contribution in [0, 0.1) is 22.7 Å². The second-order valence-corrected chi connectivity index (χ2v) is 8.45. The van der Waals surface area contributed by atoms with Crippen LogP contribution in [0.3, 0.4) is 0 Å². The Labute approximate surface area is 173 Å². The first-order valence-corrected chi connectivity index (χ1v) is 10.2. The Morgan fingerprint density at radius 3 is 2.41 bits per heavy atom. The summed E-state index contributed by atoms with van der Waals surface area (Å²) in [4.78, 5) is 5.47. The van der Waals surface area contributed by atoms with Gasteiger partial charge in [0, 0.05) is 4.90 Å². The highest BCUT2D eigenvalue weighted by Gasteiger charge is 2.17. The summed E-state index contributed by atoms with van der Waals surface area (Å²) >= 11 is 3.04. The molecule has 0 saturated carbocycles. The van der Waals surface area contributed by atoms with E-state index in [0.29, 0.717) is 16.8 Å². The highest BCUT2D eigenvalue weighted by atomic mass is 32.2. The Kier molecular flexibility index (Phi) is 4.21. The summed E-state index contributed by atoms with van der Waals surface area (Å²) in [6, 6.07) is 23.2. The third-order valence-corrected chi connectivity index (χ3v) is 6.54. The van der Waals surface area contributed by atoms with Crippen molar-refractivity contribution in [3.63, 3.8) is 0 Å². The molecule has 0 aliphatic carbocycles. The number of nitriles is 2. The van der Waals surface area contributed by atoms with Gasteiger partial charge in [-0.25, -0.2) is 9.67 Å². The molecule has 0 saturated heterocycles. The van der Waals surface area contributed by atoms with Crippen LogP contribution in [0.15, 0.2) is 69.9 Å². The fraction of sp³-hybridized carbons (Fsp3) is 0. The molecule has 5 aromatic rings. The van der Waals surface area contributed by atoms with E-state index in [9.17, 15) is 10.5 Å². The molecule has 0 fully saturated rings. The Balaban J connectivity index is 1.71. The minimum absolute atomic E-state index is 0.302. The molecule has 0 radical (unpaired) electrons. The van der Waals surface area contributed by atoms with Crippen molar-refractivity contribution < 1.29 is 0 Å². The largest absolute Gasteiger partial charge is 0.229 e. The number of nitrogens with zero attached hydrogens (tertiary/aromatic N) is 6. The summed E-state index contributed by atoms with van der Waals surface area (Å²) in [5.74, 6) is 0. The zero-order chi connectivity index (χ0) is 19.8. The predicted molar refractivity (Wildman–Crippen MR) is 112 cm³/mol. The van der Waals surface area contributed by atoms with E-state index in [-0.39, 0.29) is 0 Å². The van der Waals surface area contributed by atoms with Gasteiger partial charge in [-0.05, 0) is 36.4 Å². The lowest BCUT2D eigenvalue weighted by molar-refractivity contribution is 0.811. The Bertz CT molecular complexity index is 1440. The molecule has 0 amide bonds. The molecule has 0 unspecified atom stereocenters. The van der Waals surface area contributed by atoms with Crippen molar-refractivity contribution >= 4 is 44.3 Å². The Morgan fingerprint density at radius 1 is 0.897 bits per heavy atom. The molecule has 2 heterocycles. The summed E-state index contributed by atoms with van der Waals surface area (Å²) in [5.41, 5.74) is 3.83. The maximum absolute atomic E-state index is 9.50. The van der Waals surface area contributed by atoms with Crippen molar-refractivity contribution in [2.45, 2.75) is 9.24 Å². The number of para-hydroxylation sites is 2. The molecule has 6 nitrogen and oxygen atoms in total. The first-order valence-electron chi connectivity index (χ1n) is 8.59. The fourth-order valence-electron chi connectivity index (χ4n) is 3.04. The van der Waals surface area contributed by atoms with Crippen LogP contribution in [0.5, 0.6) is 0 Å². The van der Waals surface area contributed by atoms with E-state index in [1.807, 2.05) is 48.5 Å². The van der Waals surface area contributed by atoms with E-state index in [4.69, 9.17) is 0 Å². The monoisotopic (exact) mass is 410 g/mol. The molecule has 0 atom stereocenters. The number of thiazole rings is 1. The molecule has 0 N–H and O–H groups in total. The van der Waals surface area contributed by atoms with Crippen LogP contribution in [0.1, 0.15) is 11.1 Å². The number of benzene rings is 3. The molecule has 0 aliphatic heterocycles. The van der Waals surface area contributed by atoms with E-state index in [0.717, 1.165) is 30.5 Å². The minimum atomic E-state index is 0.302.